The van der Waals surface area contributed by atoms with E-state index in [0.29, 0.717) is 24.6 Å². The first-order valence-corrected chi connectivity index (χ1v) is 7.30. The molecule has 1 fully saturated rings. The quantitative estimate of drug-likeness (QED) is 0.885. The second kappa shape index (κ2) is 6.39. The maximum Gasteiger partial charge on any atom is 0.347 e. The van der Waals surface area contributed by atoms with Gasteiger partial charge in [-0.1, -0.05) is 0 Å². The van der Waals surface area contributed by atoms with E-state index in [1.807, 2.05) is 13.8 Å². The van der Waals surface area contributed by atoms with Gasteiger partial charge in [0.1, 0.15) is 0 Å². The third kappa shape index (κ3) is 3.50. The van der Waals surface area contributed by atoms with E-state index in [-0.39, 0.29) is 18.2 Å². The van der Waals surface area contributed by atoms with Crippen molar-refractivity contribution in [2.24, 2.45) is 5.92 Å². The largest absolute Gasteiger partial charge is 0.481 e. The van der Waals surface area contributed by atoms with Crippen LogP contribution >= 0.6 is 0 Å². The molecule has 21 heavy (non-hydrogen) atoms. The van der Waals surface area contributed by atoms with Gasteiger partial charge in [-0.05, 0) is 39.2 Å². The first-order chi connectivity index (χ1) is 9.90. The van der Waals surface area contributed by atoms with E-state index in [4.69, 9.17) is 9.84 Å². The smallest absolute Gasteiger partial charge is 0.347 e. The predicted octanol–water partition coefficient (Wildman–Crippen LogP) is 1.30. The molecule has 1 aromatic heterocycles. The molecule has 2 heterocycles. The molecular formula is C15H22N2O4. The van der Waals surface area contributed by atoms with Gasteiger partial charge in [0.05, 0.1) is 6.10 Å². The molecule has 2 rings (SSSR count). The summed E-state index contributed by atoms with van der Waals surface area (Å²) in [6.07, 6.45) is 1.52. The fourth-order valence-electron chi connectivity index (χ4n) is 2.90. The van der Waals surface area contributed by atoms with Crippen molar-refractivity contribution in [1.29, 1.82) is 0 Å². The second-order valence-electron chi connectivity index (χ2n) is 5.67. The van der Waals surface area contributed by atoms with Crippen molar-refractivity contribution in [3.63, 3.8) is 0 Å². The van der Waals surface area contributed by atoms with Crippen molar-refractivity contribution >= 4 is 5.97 Å². The number of aryl methyl sites for hydroxylation is 1. The average molecular weight is 294 g/mol. The van der Waals surface area contributed by atoms with E-state index >= 15 is 0 Å². The highest BCUT2D eigenvalue weighted by molar-refractivity contribution is 5.67. The minimum atomic E-state index is -0.843. The Bertz CT molecular complexity index is 594. The Morgan fingerprint density at radius 1 is 1.48 bits per heavy atom. The summed E-state index contributed by atoms with van der Waals surface area (Å²) < 4.78 is 7.20. The molecule has 116 valence electrons. The van der Waals surface area contributed by atoms with Gasteiger partial charge in [-0.2, -0.15) is 4.98 Å². The van der Waals surface area contributed by atoms with Crippen LogP contribution in [0.2, 0.25) is 0 Å². The lowest BCUT2D eigenvalue weighted by Gasteiger charge is -2.19. The Morgan fingerprint density at radius 2 is 2.19 bits per heavy atom. The fraction of sp³-hybridized carbons (Fsp3) is 0.667. The normalized spacial score (nSPS) is 21.7. The number of nitrogens with zero attached hydrogens (tertiary/aromatic N) is 2. The van der Waals surface area contributed by atoms with Gasteiger partial charge in [0.15, 0.2) is 0 Å². The van der Waals surface area contributed by atoms with Gasteiger partial charge in [-0.3, -0.25) is 9.36 Å². The van der Waals surface area contributed by atoms with Crippen LogP contribution in [0.25, 0.3) is 0 Å². The molecule has 0 spiro atoms. The second-order valence-corrected chi connectivity index (χ2v) is 5.67. The molecule has 1 saturated heterocycles. The van der Waals surface area contributed by atoms with Crippen LogP contribution in [-0.2, 0) is 22.5 Å². The number of hydrogen-bond acceptors (Lipinski definition) is 4. The van der Waals surface area contributed by atoms with E-state index < -0.39 is 5.97 Å². The van der Waals surface area contributed by atoms with Crippen LogP contribution in [0.4, 0.5) is 0 Å². The van der Waals surface area contributed by atoms with E-state index in [2.05, 4.69) is 4.98 Å². The fourth-order valence-corrected chi connectivity index (χ4v) is 2.90. The molecule has 6 nitrogen and oxygen atoms in total. The summed E-state index contributed by atoms with van der Waals surface area (Å²) in [7, 11) is 0. The highest BCUT2D eigenvalue weighted by Gasteiger charge is 2.26. The number of carboxylic acid groups (broad SMARTS) is 1. The lowest BCUT2D eigenvalue weighted by atomic mass is 10.0. The van der Waals surface area contributed by atoms with Crippen LogP contribution in [0, 0.1) is 19.8 Å². The van der Waals surface area contributed by atoms with Gasteiger partial charge in [-0.15, -0.1) is 0 Å². The summed E-state index contributed by atoms with van der Waals surface area (Å²) >= 11 is 0. The molecule has 2 unspecified atom stereocenters. The van der Waals surface area contributed by atoms with Crippen molar-refractivity contribution < 1.29 is 14.6 Å². The first-order valence-electron chi connectivity index (χ1n) is 7.30. The summed E-state index contributed by atoms with van der Waals surface area (Å²) in [5, 5.41) is 8.84. The zero-order valence-corrected chi connectivity index (χ0v) is 12.8. The summed E-state index contributed by atoms with van der Waals surface area (Å²) in [6, 6.07) is 0. The zero-order valence-electron chi connectivity index (χ0n) is 12.8. The maximum atomic E-state index is 12.1. The Kier molecular flexibility index (Phi) is 4.77. The van der Waals surface area contributed by atoms with E-state index in [0.717, 1.165) is 24.3 Å². The Morgan fingerprint density at radius 3 is 2.76 bits per heavy atom. The molecule has 0 aliphatic carbocycles. The van der Waals surface area contributed by atoms with Crippen LogP contribution in [0.5, 0.6) is 0 Å². The predicted molar refractivity (Wildman–Crippen MR) is 77.4 cm³/mol. The molecule has 1 aromatic rings. The van der Waals surface area contributed by atoms with Gasteiger partial charge in [0.25, 0.3) is 0 Å². The molecule has 0 saturated carbocycles. The van der Waals surface area contributed by atoms with Crippen molar-refractivity contribution in [1.82, 2.24) is 9.55 Å². The summed E-state index contributed by atoms with van der Waals surface area (Å²) in [6.45, 7) is 6.96. The minimum absolute atomic E-state index is 0.0461. The number of hydrogen-bond donors (Lipinski definition) is 1. The third-order valence-corrected chi connectivity index (χ3v) is 4.31. The van der Waals surface area contributed by atoms with Crippen molar-refractivity contribution in [3.8, 4) is 0 Å². The molecule has 0 bridgehead atoms. The first kappa shape index (κ1) is 15.7. The number of aromatic nitrogens is 2. The van der Waals surface area contributed by atoms with Crippen LogP contribution in [0.15, 0.2) is 4.79 Å². The van der Waals surface area contributed by atoms with Crippen LogP contribution in [0.1, 0.15) is 36.7 Å². The molecule has 1 aliphatic rings. The highest BCUT2D eigenvalue weighted by Crippen LogP contribution is 2.23. The highest BCUT2D eigenvalue weighted by atomic mass is 16.5. The van der Waals surface area contributed by atoms with Gasteiger partial charge in [-0.25, -0.2) is 4.79 Å². The molecular weight excluding hydrogens is 272 g/mol. The van der Waals surface area contributed by atoms with Crippen molar-refractivity contribution in [2.75, 3.05) is 6.61 Å². The van der Waals surface area contributed by atoms with Crippen LogP contribution in [-0.4, -0.2) is 33.3 Å². The Labute approximate surface area is 123 Å². The standard InChI is InChI=1S/C15H22N2O4/c1-9-13(4-5-14(18)19)10(2)17(15(20)16-9)8-12-6-7-21-11(12)3/h11-12H,4-8H2,1-3H3,(H,18,19). The molecule has 6 heteroatoms. The van der Waals surface area contributed by atoms with Gasteiger partial charge in [0.2, 0.25) is 0 Å². The van der Waals surface area contributed by atoms with Crippen LogP contribution < -0.4 is 5.69 Å². The van der Waals surface area contributed by atoms with E-state index in [9.17, 15) is 9.59 Å². The SMILES string of the molecule is Cc1nc(=O)n(CC2CCOC2C)c(C)c1CCC(=O)O. The minimum Gasteiger partial charge on any atom is -0.481 e. The van der Waals surface area contributed by atoms with E-state index in [1.165, 1.54) is 0 Å². The monoisotopic (exact) mass is 294 g/mol. The Hall–Kier alpha value is -1.69. The van der Waals surface area contributed by atoms with E-state index in [1.54, 1.807) is 11.5 Å². The summed E-state index contributed by atoms with van der Waals surface area (Å²) in [5.41, 5.74) is 2.06. The summed E-state index contributed by atoms with van der Waals surface area (Å²) in [5.74, 6) is -0.539. The van der Waals surface area contributed by atoms with Gasteiger partial charge >= 0.3 is 11.7 Å². The zero-order chi connectivity index (χ0) is 15.6. The molecule has 1 aliphatic heterocycles. The number of carboxylic acids is 1. The third-order valence-electron chi connectivity index (χ3n) is 4.31. The summed E-state index contributed by atoms with van der Waals surface area (Å²) in [4.78, 5) is 27.0. The molecule has 0 amide bonds. The Balaban J connectivity index is 2.29. The lowest BCUT2D eigenvalue weighted by Crippen LogP contribution is -2.32. The number of carbonyl (C=O) groups is 1. The van der Waals surface area contributed by atoms with Gasteiger partial charge in [0, 0.05) is 36.9 Å². The number of rotatable bonds is 5. The molecule has 1 N–H and O–H groups in total. The molecule has 0 radical (unpaired) electrons. The maximum absolute atomic E-state index is 12.1. The molecule has 2 atom stereocenters. The number of ether oxygens (including phenoxy) is 1. The lowest BCUT2D eigenvalue weighted by molar-refractivity contribution is -0.136. The number of aliphatic carboxylic acids is 1. The van der Waals surface area contributed by atoms with Crippen LogP contribution in [0.3, 0.4) is 0 Å². The topological polar surface area (TPSA) is 81.4 Å². The average Bonchev–Trinajstić information content (AvgIpc) is 2.79. The van der Waals surface area contributed by atoms with Gasteiger partial charge < -0.3 is 9.84 Å². The van der Waals surface area contributed by atoms with Crippen molar-refractivity contribution in [2.45, 2.75) is 52.7 Å². The van der Waals surface area contributed by atoms with Crippen molar-refractivity contribution in [3.05, 3.63) is 27.4 Å². The molecule has 0 aromatic carbocycles.